The van der Waals surface area contributed by atoms with E-state index in [1.807, 2.05) is 34.1 Å². The third kappa shape index (κ3) is 4.54. The first-order valence-electron chi connectivity index (χ1n) is 10.9. The second-order valence-corrected chi connectivity index (χ2v) is 8.41. The highest BCUT2D eigenvalue weighted by Crippen LogP contribution is 2.28. The third-order valence-corrected chi connectivity index (χ3v) is 6.68. The highest BCUT2D eigenvalue weighted by molar-refractivity contribution is 5.98. The largest absolute Gasteiger partial charge is 0.311 e. The molecule has 0 spiro atoms. The Balaban J connectivity index is 1.30. The van der Waals surface area contributed by atoms with Crippen LogP contribution in [0, 0.1) is 0 Å². The van der Waals surface area contributed by atoms with Gasteiger partial charge in [0, 0.05) is 37.2 Å². The lowest BCUT2D eigenvalue weighted by molar-refractivity contribution is -0.124. The first-order valence-corrected chi connectivity index (χ1v) is 10.9. The number of carbonyl (C=O) groups is 1. The number of fused-ring (bicyclic) bond motifs is 1. The van der Waals surface area contributed by atoms with Crippen LogP contribution in [0.2, 0.25) is 0 Å². The quantitative estimate of drug-likeness (QED) is 0.754. The number of piperidine rings is 1. The van der Waals surface area contributed by atoms with Crippen molar-refractivity contribution in [1.29, 1.82) is 0 Å². The number of para-hydroxylation sites is 1. The SMILES string of the molecule is CC(C(=O)N1CCCc2ccccc21)N(C)C1CCN(CCn2cccn2)CC1. The Morgan fingerprint density at radius 2 is 1.97 bits per heavy atom. The minimum Gasteiger partial charge on any atom is -0.311 e. The summed E-state index contributed by atoms with van der Waals surface area (Å²) in [4.78, 5) is 20.1. The van der Waals surface area contributed by atoms with Gasteiger partial charge in [0.2, 0.25) is 5.91 Å². The second-order valence-electron chi connectivity index (χ2n) is 8.41. The van der Waals surface area contributed by atoms with Gasteiger partial charge in [-0.1, -0.05) is 18.2 Å². The number of nitrogens with zero attached hydrogens (tertiary/aromatic N) is 5. The van der Waals surface area contributed by atoms with Crippen molar-refractivity contribution < 1.29 is 4.79 Å². The van der Waals surface area contributed by atoms with E-state index in [4.69, 9.17) is 0 Å². The van der Waals surface area contributed by atoms with Gasteiger partial charge in [-0.2, -0.15) is 5.10 Å². The van der Waals surface area contributed by atoms with Crippen molar-refractivity contribution in [2.75, 3.05) is 38.1 Å². The fourth-order valence-corrected chi connectivity index (χ4v) is 4.71. The van der Waals surface area contributed by atoms with Gasteiger partial charge in [-0.25, -0.2) is 0 Å². The molecule has 4 rings (SSSR count). The van der Waals surface area contributed by atoms with Gasteiger partial charge in [-0.15, -0.1) is 0 Å². The van der Waals surface area contributed by atoms with Crippen LogP contribution in [-0.4, -0.2) is 70.8 Å². The average molecular weight is 396 g/mol. The smallest absolute Gasteiger partial charge is 0.244 e. The Hall–Kier alpha value is -2.18. The van der Waals surface area contributed by atoms with Crippen LogP contribution in [0.15, 0.2) is 42.7 Å². The molecule has 2 aliphatic rings. The average Bonchev–Trinajstić information content (AvgIpc) is 3.30. The van der Waals surface area contributed by atoms with Crippen LogP contribution >= 0.6 is 0 Å². The molecule has 6 nitrogen and oxygen atoms in total. The number of likely N-dealkylation sites (N-methyl/N-ethyl adjacent to an activating group) is 1. The number of benzene rings is 1. The molecule has 0 bridgehead atoms. The molecule has 1 unspecified atom stereocenters. The maximum atomic E-state index is 13.3. The summed E-state index contributed by atoms with van der Waals surface area (Å²) in [6.45, 7) is 7.06. The number of hydrogen-bond acceptors (Lipinski definition) is 4. The number of aromatic nitrogens is 2. The van der Waals surface area contributed by atoms with Gasteiger partial charge >= 0.3 is 0 Å². The highest BCUT2D eigenvalue weighted by Gasteiger charge is 2.32. The molecule has 1 aromatic heterocycles. The van der Waals surface area contributed by atoms with Crippen LogP contribution in [-0.2, 0) is 17.8 Å². The summed E-state index contributed by atoms with van der Waals surface area (Å²) in [6, 6.07) is 10.7. The van der Waals surface area contributed by atoms with Crippen molar-refractivity contribution in [1.82, 2.24) is 19.6 Å². The van der Waals surface area contributed by atoms with Crippen molar-refractivity contribution in [2.24, 2.45) is 0 Å². The van der Waals surface area contributed by atoms with Crippen LogP contribution in [0.1, 0.15) is 31.7 Å². The molecule has 1 atom stereocenters. The summed E-state index contributed by atoms with van der Waals surface area (Å²) in [5.74, 6) is 0.237. The van der Waals surface area contributed by atoms with Crippen molar-refractivity contribution in [3.63, 3.8) is 0 Å². The molecule has 0 radical (unpaired) electrons. The van der Waals surface area contributed by atoms with Crippen LogP contribution in [0.3, 0.4) is 0 Å². The maximum absolute atomic E-state index is 13.3. The van der Waals surface area contributed by atoms with E-state index >= 15 is 0 Å². The number of likely N-dealkylation sites (tertiary alicyclic amines) is 1. The van der Waals surface area contributed by atoms with Crippen LogP contribution in [0.5, 0.6) is 0 Å². The Labute approximate surface area is 174 Å². The molecule has 156 valence electrons. The van der Waals surface area contributed by atoms with Crippen molar-refractivity contribution in [3.8, 4) is 0 Å². The summed E-state index contributed by atoms with van der Waals surface area (Å²) in [5.41, 5.74) is 2.41. The van der Waals surface area contributed by atoms with Gasteiger partial charge in [-0.05, 0) is 70.4 Å². The van der Waals surface area contributed by atoms with E-state index in [0.29, 0.717) is 6.04 Å². The first kappa shape index (κ1) is 20.1. The summed E-state index contributed by atoms with van der Waals surface area (Å²) in [6.07, 6.45) is 8.20. The molecule has 1 aromatic carbocycles. The molecular weight excluding hydrogens is 362 g/mol. The van der Waals surface area contributed by atoms with Gasteiger partial charge in [0.1, 0.15) is 0 Å². The van der Waals surface area contributed by atoms with E-state index < -0.39 is 0 Å². The predicted octanol–water partition coefficient (Wildman–Crippen LogP) is 2.65. The Morgan fingerprint density at radius 3 is 2.72 bits per heavy atom. The standard InChI is InChI=1S/C23H33N5O/c1-19(23(29)28-14-5-8-20-7-3-4-9-22(20)28)25(2)21-10-15-26(16-11-21)17-18-27-13-6-12-24-27/h3-4,6-7,9,12-13,19,21H,5,8,10-11,14-18H2,1-2H3. The van der Waals surface area contributed by atoms with Crippen LogP contribution < -0.4 is 4.90 Å². The number of amides is 1. The number of carbonyl (C=O) groups excluding carboxylic acids is 1. The van der Waals surface area contributed by atoms with E-state index in [2.05, 4.69) is 47.1 Å². The number of aryl methyl sites for hydroxylation is 1. The lowest BCUT2D eigenvalue weighted by Crippen LogP contribution is -2.53. The van der Waals surface area contributed by atoms with E-state index in [-0.39, 0.29) is 11.9 Å². The molecule has 0 N–H and O–H groups in total. The molecule has 1 saturated heterocycles. The zero-order valence-corrected chi connectivity index (χ0v) is 17.7. The molecule has 1 amide bonds. The lowest BCUT2D eigenvalue weighted by Gasteiger charge is -2.40. The fourth-order valence-electron chi connectivity index (χ4n) is 4.71. The normalized spacial score (nSPS) is 19.3. The number of hydrogen-bond donors (Lipinski definition) is 0. The molecule has 6 heteroatoms. The number of anilines is 1. The Kier molecular flexibility index (Phi) is 6.31. The highest BCUT2D eigenvalue weighted by atomic mass is 16.2. The van der Waals surface area contributed by atoms with Gasteiger partial charge in [0.25, 0.3) is 0 Å². The Bertz CT molecular complexity index is 797. The molecule has 3 heterocycles. The fraction of sp³-hybridized carbons (Fsp3) is 0.565. The minimum absolute atomic E-state index is 0.0956. The monoisotopic (exact) mass is 395 g/mol. The molecule has 0 saturated carbocycles. The summed E-state index contributed by atoms with van der Waals surface area (Å²) < 4.78 is 2.00. The Morgan fingerprint density at radius 1 is 1.17 bits per heavy atom. The van der Waals surface area contributed by atoms with E-state index in [9.17, 15) is 4.79 Å². The van der Waals surface area contributed by atoms with E-state index in [1.165, 1.54) is 5.56 Å². The molecule has 2 aliphatic heterocycles. The molecule has 2 aromatic rings. The van der Waals surface area contributed by atoms with Gasteiger partial charge in [-0.3, -0.25) is 14.4 Å². The van der Waals surface area contributed by atoms with Crippen molar-refractivity contribution >= 4 is 11.6 Å². The van der Waals surface area contributed by atoms with E-state index in [0.717, 1.165) is 64.1 Å². The zero-order valence-electron chi connectivity index (χ0n) is 17.7. The third-order valence-electron chi connectivity index (χ3n) is 6.68. The van der Waals surface area contributed by atoms with Crippen LogP contribution in [0.4, 0.5) is 5.69 Å². The molecule has 0 aliphatic carbocycles. The minimum atomic E-state index is -0.0956. The van der Waals surface area contributed by atoms with Gasteiger partial charge in [0.05, 0.1) is 12.6 Å². The van der Waals surface area contributed by atoms with Gasteiger partial charge < -0.3 is 9.80 Å². The van der Waals surface area contributed by atoms with Crippen molar-refractivity contribution in [2.45, 2.75) is 51.2 Å². The van der Waals surface area contributed by atoms with Gasteiger partial charge in [0.15, 0.2) is 0 Å². The second kappa shape index (κ2) is 9.09. The van der Waals surface area contributed by atoms with E-state index in [1.54, 1.807) is 0 Å². The summed E-state index contributed by atoms with van der Waals surface area (Å²) in [7, 11) is 2.13. The summed E-state index contributed by atoms with van der Waals surface area (Å²) >= 11 is 0. The molecule has 29 heavy (non-hydrogen) atoms. The predicted molar refractivity (Wildman–Crippen MR) is 116 cm³/mol. The van der Waals surface area contributed by atoms with Crippen molar-refractivity contribution in [3.05, 3.63) is 48.3 Å². The number of rotatable bonds is 6. The molecule has 1 fully saturated rings. The first-order chi connectivity index (χ1) is 14.1. The molecular formula is C23H33N5O. The summed E-state index contributed by atoms with van der Waals surface area (Å²) in [5, 5.41) is 4.29. The maximum Gasteiger partial charge on any atom is 0.244 e. The lowest BCUT2D eigenvalue weighted by atomic mass is 9.99. The van der Waals surface area contributed by atoms with Crippen LogP contribution in [0.25, 0.3) is 0 Å². The topological polar surface area (TPSA) is 44.6 Å². The zero-order chi connectivity index (χ0) is 20.2.